The molecular weight excluding hydrogens is 346 g/mol. The third-order valence-electron chi connectivity index (χ3n) is 3.87. The van der Waals surface area contributed by atoms with Crippen LogP contribution in [0, 0.1) is 21.4 Å². The number of nitriles is 1. The van der Waals surface area contributed by atoms with E-state index in [0.717, 1.165) is 5.56 Å². The van der Waals surface area contributed by atoms with Crippen molar-refractivity contribution in [3.63, 3.8) is 0 Å². The van der Waals surface area contributed by atoms with Crippen LogP contribution in [-0.2, 0) is 6.54 Å². The number of nitro benzene ring substituents is 1. The first kappa shape index (κ1) is 19.9. The second kappa shape index (κ2) is 9.31. The topological polar surface area (TPSA) is 103 Å². The quantitative estimate of drug-likeness (QED) is 0.598. The Morgan fingerprint density at radius 1 is 1.19 bits per heavy atom. The molecule has 2 rings (SSSR count). The van der Waals surface area contributed by atoms with E-state index < -0.39 is 4.92 Å². The molecule has 2 aromatic carbocycles. The molecule has 0 aliphatic rings. The van der Waals surface area contributed by atoms with E-state index in [0.29, 0.717) is 30.9 Å². The summed E-state index contributed by atoms with van der Waals surface area (Å²) in [6.07, 6.45) is 0. The molecule has 0 aliphatic heterocycles. The molecule has 0 atom stereocenters. The normalized spacial score (nSPS) is 10.3. The minimum Gasteiger partial charge on any atom is -0.319 e. The average molecular weight is 367 g/mol. The Morgan fingerprint density at radius 3 is 2.48 bits per heavy atom. The number of likely N-dealkylation sites (N-methyl/N-ethyl adjacent to an activating group) is 1. The largest absolute Gasteiger partial charge is 0.322 e. The molecule has 0 heterocycles. The minimum absolute atomic E-state index is 0.0836. The second-order valence-corrected chi connectivity index (χ2v) is 6.27. The van der Waals surface area contributed by atoms with Gasteiger partial charge in [-0.3, -0.25) is 10.1 Å². The van der Waals surface area contributed by atoms with Gasteiger partial charge >= 0.3 is 6.03 Å². The number of benzene rings is 2. The van der Waals surface area contributed by atoms with Crippen LogP contribution in [-0.4, -0.2) is 47.9 Å². The van der Waals surface area contributed by atoms with Crippen LogP contribution in [0.15, 0.2) is 48.5 Å². The van der Waals surface area contributed by atoms with Crippen molar-refractivity contribution < 1.29 is 9.72 Å². The molecule has 0 spiro atoms. The number of hydrogen-bond donors (Lipinski definition) is 1. The van der Waals surface area contributed by atoms with E-state index in [1.54, 1.807) is 23.1 Å². The molecule has 0 fully saturated rings. The fourth-order valence-electron chi connectivity index (χ4n) is 2.38. The van der Waals surface area contributed by atoms with E-state index in [1.165, 1.54) is 18.2 Å². The van der Waals surface area contributed by atoms with Crippen LogP contribution in [0.2, 0.25) is 0 Å². The molecule has 0 bridgehead atoms. The Balaban J connectivity index is 2.13. The summed E-state index contributed by atoms with van der Waals surface area (Å²) < 4.78 is 0. The number of non-ortho nitro benzene ring substituents is 1. The van der Waals surface area contributed by atoms with E-state index in [-0.39, 0.29) is 11.7 Å². The first-order valence-electron chi connectivity index (χ1n) is 8.33. The van der Waals surface area contributed by atoms with Gasteiger partial charge in [-0.2, -0.15) is 5.26 Å². The fourth-order valence-corrected chi connectivity index (χ4v) is 2.38. The number of amides is 2. The van der Waals surface area contributed by atoms with E-state index in [9.17, 15) is 14.9 Å². The highest BCUT2D eigenvalue weighted by atomic mass is 16.6. The van der Waals surface area contributed by atoms with Gasteiger partial charge in [0.15, 0.2) is 0 Å². The van der Waals surface area contributed by atoms with Crippen molar-refractivity contribution in [3.05, 3.63) is 69.8 Å². The molecule has 2 aromatic rings. The van der Waals surface area contributed by atoms with E-state index in [1.807, 2.05) is 31.1 Å². The molecular formula is C19H21N5O3. The van der Waals surface area contributed by atoms with Crippen molar-refractivity contribution in [2.75, 3.05) is 32.5 Å². The zero-order valence-electron chi connectivity index (χ0n) is 15.3. The molecule has 1 N–H and O–H groups in total. The van der Waals surface area contributed by atoms with Gasteiger partial charge in [0.1, 0.15) is 0 Å². The van der Waals surface area contributed by atoms with E-state index in [4.69, 9.17) is 5.26 Å². The molecule has 8 heteroatoms. The highest BCUT2D eigenvalue weighted by molar-refractivity contribution is 5.89. The van der Waals surface area contributed by atoms with Crippen LogP contribution in [0.25, 0.3) is 0 Å². The lowest BCUT2D eigenvalue weighted by Crippen LogP contribution is -2.39. The third kappa shape index (κ3) is 6.09. The van der Waals surface area contributed by atoms with Crippen LogP contribution in [0.4, 0.5) is 16.2 Å². The standard InChI is InChI=1S/C19H21N5O3/c1-22(2)10-11-23(14-16-8-6-15(13-20)7-9-16)19(25)21-17-4-3-5-18(12-17)24(26)27/h3-9,12H,10-11,14H2,1-2H3,(H,21,25). The molecule has 0 radical (unpaired) electrons. The van der Waals surface area contributed by atoms with Gasteiger partial charge in [0, 0.05) is 37.5 Å². The molecule has 140 valence electrons. The molecule has 2 amide bonds. The molecule has 0 aliphatic carbocycles. The number of carbonyl (C=O) groups is 1. The third-order valence-corrected chi connectivity index (χ3v) is 3.87. The summed E-state index contributed by atoms with van der Waals surface area (Å²) >= 11 is 0. The van der Waals surface area contributed by atoms with Crippen LogP contribution >= 0.6 is 0 Å². The summed E-state index contributed by atoms with van der Waals surface area (Å²) in [5.74, 6) is 0. The highest BCUT2D eigenvalue weighted by Crippen LogP contribution is 2.18. The maximum atomic E-state index is 12.7. The Bertz CT molecular complexity index is 843. The summed E-state index contributed by atoms with van der Waals surface area (Å²) in [6.45, 7) is 1.51. The Morgan fingerprint density at radius 2 is 1.89 bits per heavy atom. The number of anilines is 1. The van der Waals surface area contributed by atoms with Crippen molar-refractivity contribution in [3.8, 4) is 6.07 Å². The molecule has 8 nitrogen and oxygen atoms in total. The number of carbonyl (C=O) groups excluding carboxylic acids is 1. The number of rotatable bonds is 7. The van der Waals surface area contributed by atoms with Gasteiger partial charge in [-0.05, 0) is 37.9 Å². The van der Waals surface area contributed by atoms with Gasteiger partial charge in [-0.25, -0.2) is 4.79 Å². The van der Waals surface area contributed by atoms with Crippen LogP contribution in [0.3, 0.4) is 0 Å². The number of hydrogen-bond acceptors (Lipinski definition) is 5. The number of nitrogens with one attached hydrogen (secondary N) is 1. The summed E-state index contributed by atoms with van der Waals surface area (Å²) in [4.78, 5) is 26.7. The summed E-state index contributed by atoms with van der Waals surface area (Å²) in [6, 6.07) is 14.6. The lowest BCUT2D eigenvalue weighted by atomic mass is 10.1. The lowest BCUT2D eigenvalue weighted by molar-refractivity contribution is -0.384. The van der Waals surface area contributed by atoms with E-state index >= 15 is 0 Å². The summed E-state index contributed by atoms with van der Waals surface area (Å²) in [7, 11) is 3.83. The van der Waals surface area contributed by atoms with Crippen LogP contribution < -0.4 is 5.32 Å². The number of nitro groups is 1. The lowest BCUT2D eigenvalue weighted by Gasteiger charge is -2.25. The Labute approximate surface area is 157 Å². The first-order valence-corrected chi connectivity index (χ1v) is 8.33. The molecule has 0 unspecified atom stereocenters. The minimum atomic E-state index is -0.504. The second-order valence-electron chi connectivity index (χ2n) is 6.27. The maximum Gasteiger partial charge on any atom is 0.322 e. The monoisotopic (exact) mass is 367 g/mol. The fraction of sp³-hybridized carbons (Fsp3) is 0.263. The Kier molecular flexibility index (Phi) is 6.86. The summed E-state index contributed by atoms with van der Waals surface area (Å²) in [5.41, 5.74) is 1.73. The molecule has 27 heavy (non-hydrogen) atoms. The van der Waals surface area contributed by atoms with Gasteiger partial charge in [0.05, 0.1) is 16.6 Å². The Hall–Kier alpha value is -3.44. The zero-order chi connectivity index (χ0) is 19.8. The predicted octanol–water partition coefficient (Wildman–Crippen LogP) is 3.06. The van der Waals surface area contributed by atoms with Crippen LogP contribution in [0.5, 0.6) is 0 Å². The number of urea groups is 1. The summed E-state index contributed by atoms with van der Waals surface area (Å²) in [5, 5.41) is 22.5. The van der Waals surface area contributed by atoms with Gasteiger partial charge in [0.25, 0.3) is 5.69 Å². The van der Waals surface area contributed by atoms with Crippen molar-refractivity contribution in [2.24, 2.45) is 0 Å². The SMILES string of the molecule is CN(C)CCN(Cc1ccc(C#N)cc1)C(=O)Nc1cccc([N+](=O)[O-])c1. The van der Waals surface area contributed by atoms with Crippen LogP contribution in [0.1, 0.15) is 11.1 Å². The van der Waals surface area contributed by atoms with Gasteiger partial charge < -0.3 is 15.1 Å². The smallest absolute Gasteiger partial charge is 0.319 e. The zero-order valence-corrected chi connectivity index (χ0v) is 15.3. The average Bonchev–Trinajstić information content (AvgIpc) is 2.65. The molecule has 0 saturated carbocycles. The van der Waals surface area contributed by atoms with Crippen molar-refractivity contribution in [1.29, 1.82) is 5.26 Å². The molecule has 0 aromatic heterocycles. The highest BCUT2D eigenvalue weighted by Gasteiger charge is 2.16. The maximum absolute atomic E-state index is 12.7. The number of nitrogens with zero attached hydrogens (tertiary/aromatic N) is 4. The van der Waals surface area contributed by atoms with Crippen molar-refractivity contribution in [2.45, 2.75) is 6.54 Å². The van der Waals surface area contributed by atoms with Gasteiger partial charge in [0.2, 0.25) is 0 Å². The van der Waals surface area contributed by atoms with Gasteiger partial charge in [-0.15, -0.1) is 0 Å². The molecule has 0 saturated heterocycles. The first-order chi connectivity index (χ1) is 12.9. The van der Waals surface area contributed by atoms with E-state index in [2.05, 4.69) is 11.4 Å². The predicted molar refractivity (Wildman–Crippen MR) is 102 cm³/mol. The van der Waals surface area contributed by atoms with Crippen molar-refractivity contribution >= 4 is 17.4 Å². The van der Waals surface area contributed by atoms with Gasteiger partial charge in [-0.1, -0.05) is 18.2 Å². The van der Waals surface area contributed by atoms with Crippen molar-refractivity contribution in [1.82, 2.24) is 9.80 Å².